The predicted octanol–water partition coefficient (Wildman–Crippen LogP) is 6.60. The molecule has 1 atom stereocenters. The summed E-state index contributed by atoms with van der Waals surface area (Å²) in [7, 11) is 0. The predicted molar refractivity (Wildman–Crippen MR) is 91.6 cm³/mol. The molecule has 21 heavy (non-hydrogen) atoms. The molecule has 0 aromatic heterocycles. The lowest BCUT2D eigenvalue weighted by atomic mass is 9.82. The maximum Gasteiger partial charge on any atom is 0.123 e. The Hall–Kier alpha value is -0.860. The van der Waals surface area contributed by atoms with Crippen LogP contribution in [0.5, 0.6) is 0 Å². The van der Waals surface area contributed by atoms with Gasteiger partial charge in [-0.1, -0.05) is 61.0 Å². The first kappa shape index (κ1) is 16.5. The number of benzene rings is 2. The van der Waals surface area contributed by atoms with Gasteiger partial charge in [-0.05, 0) is 46.7 Å². The second kappa shape index (κ2) is 6.50. The summed E-state index contributed by atoms with van der Waals surface area (Å²) in [4.78, 5) is 0. The number of alkyl halides is 1. The van der Waals surface area contributed by atoms with Crippen LogP contribution in [0, 0.1) is 5.82 Å². The van der Waals surface area contributed by atoms with Crippen molar-refractivity contribution in [2.75, 3.05) is 0 Å². The molecular formula is C18H19BrClF. The van der Waals surface area contributed by atoms with E-state index in [1.807, 2.05) is 12.1 Å². The van der Waals surface area contributed by atoms with Gasteiger partial charge in [0.2, 0.25) is 0 Å². The van der Waals surface area contributed by atoms with Gasteiger partial charge >= 0.3 is 0 Å². The first-order valence-corrected chi connectivity index (χ1v) is 8.27. The van der Waals surface area contributed by atoms with Crippen LogP contribution in [-0.4, -0.2) is 0 Å². The van der Waals surface area contributed by atoms with E-state index >= 15 is 0 Å². The molecule has 0 spiro atoms. The third kappa shape index (κ3) is 3.67. The molecule has 0 heterocycles. The number of rotatable bonds is 4. The fourth-order valence-electron chi connectivity index (χ4n) is 2.20. The van der Waals surface area contributed by atoms with Crippen molar-refractivity contribution in [2.24, 2.45) is 0 Å². The van der Waals surface area contributed by atoms with Crippen molar-refractivity contribution < 1.29 is 4.39 Å². The van der Waals surface area contributed by atoms with Gasteiger partial charge in [-0.15, -0.1) is 11.6 Å². The highest BCUT2D eigenvalue weighted by molar-refractivity contribution is 9.10. The first-order chi connectivity index (χ1) is 9.85. The van der Waals surface area contributed by atoms with Crippen LogP contribution in [0.4, 0.5) is 4.39 Å². The van der Waals surface area contributed by atoms with E-state index in [2.05, 4.69) is 48.8 Å². The van der Waals surface area contributed by atoms with Gasteiger partial charge in [0.25, 0.3) is 0 Å². The summed E-state index contributed by atoms with van der Waals surface area (Å²) in [6.07, 6.45) is 1.08. The molecule has 2 aromatic rings. The first-order valence-electron chi connectivity index (χ1n) is 7.04. The molecule has 0 radical (unpaired) electrons. The highest BCUT2D eigenvalue weighted by atomic mass is 79.9. The van der Waals surface area contributed by atoms with Crippen LogP contribution in [0.3, 0.4) is 0 Å². The summed E-state index contributed by atoms with van der Waals surface area (Å²) in [6.45, 7) is 6.63. The lowest BCUT2D eigenvalue weighted by Crippen LogP contribution is -2.15. The summed E-state index contributed by atoms with van der Waals surface area (Å²) in [5, 5.41) is -0.367. The molecule has 0 bridgehead atoms. The summed E-state index contributed by atoms with van der Waals surface area (Å²) in [5.74, 6) is -0.275. The van der Waals surface area contributed by atoms with E-state index in [4.69, 9.17) is 11.6 Å². The minimum absolute atomic E-state index is 0.153. The monoisotopic (exact) mass is 368 g/mol. The van der Waals surface area contributed by atoms with Gasteiger partial charge in [-0.3, -0.25) is 0 Å². The van der Waals surface area contributed by atoms with Crippen molar-refractivity contribution >= 4 is 27.5 Å². The Morgan fingerprint density at radius 1 is 1.14 bits per heavy atom. The molecule has 0 saturated carbocycles. The van der Waals surface area contributed by atoms with Crippen molar-refractivity contribution in [1.29, 1.82) is 0 Å². The Morgan fingerprint density at radius 3 is 2.33 bits per heavy atom. The average molecular weight is 370 g/mol. The van der Waals surface area contributed by atoms with Gasteiger partial charge in [0, 0.05) is 4.47 Å². The Kier molecular flexibility index (Phi) is 5.11. The average Bonchev–Trinajstić information content (AvgIpc) is 2.49. The number of halogens is 3. The van der Waals surface area contributed by atoms with Crippen LogP contribution >= 0.6 is 27.5 Å². The fraction of sp³-hybridized carbons (Fsp3) is 0.333. The summed E-state index contributed by atoms with van der Waals surface area (Å²) in [6, 6.07) is 12.9. The van der Waals surface area contributed by atoms with Crippen molar-refractivity contribution in [3.63, 3.8) is 0 Å². The second-order valence-electron chi connectivity index (χ2n) is 5.89. The normalized spacial score (nSPS) is 13.2. The molecule has 0 amide bonds. The zero-order chi connectivity index (χ0) is 15.6. The van der Waals surface area contributed by atoms with Gasteiger partial charge in [-0.25, -0.2) is 4.39 Å². The van der Waals surface area contributed by atoms with E-state index in [-0.39, 0.29) is 16.6 Å². The molecule has 0 aliphatic carbocycles. The molecule has 0 nitrogen and oxygen atoms in total. The van der Waals surface area contributed by atoms with E-state index in [1.54, 1.807) is 6.07 Å². The van der Waals surface area contributed by atoms with Crippen LogP contribution < -0.4 is 0 Å². The second-order valence-corrected chi connectivity index (χ2v) is 7.18. The minimum Gasteiger partial charge on any atom is -0.207 e. The van der Waals surface area contributed by atoms with Crippen LogP contribution in [0.15, 0.2) is 46.9 Å². The highest BCUT2D eigenvalue weighted by Crippen LogP contribution is 2.35. The molecule has 0 aliphatic heterocycles. The zero-order valence-corrected chi connectivity index (χ0v) is 14.8. The quantitative estimate of drug-likeness (QED) is 0.532. The molecule has 0 saturated heterocycles. The molecule has 3 heteroatoms. The zero-order valence-electron chi connectivity index (χ0n) is 12.5. The summed E-state index contributed by atoms with van der Waals surface area (Å²) < 4.78 is 14.2. The summed E-state index contributed by atoms with van der Waals surface area (Å²) in [5.41, 5.74) is 3.16. The highest BCUT2D eigenvalue weighted by Gasteiger charge is 2.19. The van der Waals surface area contributed by atoms with Crippen molar-refractivity contribution in [3.05, 3.63) is 69.4 Å². The van der Waals surface area contributed by atoms with Crippen LogP contribution in [-0.2, 0) is 5.41 Å². The summed E-state index contributed by atoms with van der Waals surface area (Å²) >= 11 is 9.95. The lowest BCUT2D eigenvalue weighted by Gasteiger charge is -2.24. The molecule has 0 fully saturated rings. The number of hydrogen-bond acceptors (Lipinski definition) is 0. The third-order valence-corrected chi connectivity index (χ3v) is 5.31. The Labute approximate surface area is 139 Å². The van der Waals surface area contributed by atoms with E-state index < -0.39 is 0 Å². The molecule has 112 valence electrons. The Bertz CT molecular complexity index is 620. The largest absolute Gasteiger partial charge is 0.207 e. The van der Waals surface area contributed by atoms with Crippen LogP contribution in [0.2, 0.25) is 0 Å². The maximum atomic E-state index is 13.4. The van der Waals surface area contributed by atoms with Gasteiger partial charge in [-0.2, -0.15) is 0 Å². The number of hydrogen-bond donors (Lipinski definition) is 0. The molecule has 0 N–H and O–H groups in total. The van der Waals surface area contributed by atoms with Gasteiger partial charge in [0.15, 0.2) is 0 Å². The van der Waals surface area contributed by atoms with Gasteiger partial charge in [0.1, 0.15) is 5.82 Å². The topological polar surface area (TPSA) is 0 Å². The van der Waals surface area contributed by atoms with Crippen molar-refractivity contribution in [1.82, 2.24) is 0 Å². The molecule has 0 aliphatic rings. The van der Waals surface area contributed by atoms with E-state index in [0.717, 1.165) is 22.0 Å². The Balaban J connectivity index is 2.32. The van der Waals surface area contributed by atoms with Crippen LogP contribution in [0.1, 0.15) is 49.3 Å². The van der Waals surface area contributed by atoms with E-state index in [1.165, 1.54) is 17.7 Å². The Morgan fingerprint density at radius 2 is 1.76 bits per heavy atom. The smallest absolute Gasteiger partial charge is 0.123 e. The molecule has 2 rings (SSSR count). The van der Waals surface area contributed by atoms with E-state index in [0.29, 0.717) is 0 Å². The van der Waals surface area contributed by atoms with Crippen LogP contribution in [0.25, 0.3) is 0 Å². The molecular weight excluding hydrogens is 351 g/mol. The maximum absolute atomic E-state index is 13.4. The molecule has 1 unspecified atom stereocenters. The van der Waals surface area contributed by atoms with E-state index in [9.17, 15) is 4.39 Å². The lowest BCUT2D eigenvalue weighted by molar-refractivity contribution is 0.506. The third-order valence-electron chi connectivity index (χ3n) is 4.10. The fourth-order valence-corrected chi connectivity index (χ4v) is 3.13. The minimum atomic E-state index is -0.367. The molecule has 2 aromatic carbocycles. The van der Waals surface area contributed by atoms with Gasteiger partial charge in [0.05, 0.1) is 5.38 Å². The van der Waals surface area contributed by atoms with Crippen molar-refractivity contribution in [3.8, 4) is 0 Å². The van der Waals surface area contributed by atoms with Gasteiger partial charge < -0.3 is 0 Å². The SMILES string of the molecule is CCC(C)(C)c1ccc(C(Cl)c2cc(F)ccc2Br)cc1. The standard InChI is InChI=1S/C18H19BrClF/c1-4-18(2,3)13-7-5-12(6-8-13)17(20)15-11-14(21)9-10-16(15)19/h5-11,17H,4H2,1-3H3. The van der Waals surface area contributed by atoms with Crippen molar-refractivity contribution in [2.45, 2.75) is 38.0 Å².